The quantitative estimate of drug-likeness (QED) is 0.426. The van der Waals surface area contributed by atoms with Gasteiger partial charge in [0.05, 0.1) is 12.3 Å². The van der Waals surface area contributed by atoms with Crippen molar-refractivity contribution in [2.75, 3.05) is 11.1 Å². The van der Waals surface area contributed by atoms with Crippen molar-refractivity contribution in [3.05, 3.63) is 77.0 Å². The fraction of sp³-hybridized carbons (Fsp3) is 0.100. The van der Waals surface area contributed by atoms with E-state index in [0.717, 1.165) is 10.6 Å². The minimum Gasteiger partial charge on any atom is -0.457 e. The van der Waals surface area contributed by atoms with Crippen molar-refractivity contribution in [3.8, 4) is 11.5 Å². The molecule has 9 heteroatoms. The lowest BCUT2D eigenvalue weighted by molar-refractivity contribution is -0.113. The van der Waals surface area contributed by atoms with Crippen LogP contribution in [0.4, 0.5) is 5.69 Å². The first-order valence-electron chi connectivity index (χ1n) is 8.80. The van der Waals surface area contributed by atoms with E-state index in [1.54, 1.807) is 22.1 Å². The summed E-state index contributed by atoms with van der Waals surface area (Å²) in [5.74, 6) is 1.46. The molecule has 2 aromatic carbocycles. The Balaban J connectivity index is 1.32. The van der Waals surface area contributed by atoms with E-state index >= 15 is 0 Å². The number of amides is 1. The van der Waals surface area contributed by atoms with Gasteiger partial charge in [0, 0.05) is 16.6 Å². The number of anilines is 1. The largest absolute Gasteiger partial charge is 0.457 e. The van der Waals surface area contributed by atoms with Crippen molar-refractivity contribution in [2.45, 2.75) is 11.7 Å². The summed E-state index contributed by atoms with van der Waals surface area (Å²) in [4.78, 5) is 13.5. The molecular weight excluding hydrogens is 406 g/mol. The minimum atomic E-state index is -0.141. The van der Waals surface area contributed by atoms with Crippen LogP contribution in [0.25, 0.3) is 0 Å². The summed E-state index contributed by atoms with van der Waals surface area (Å²) in [6, 6.07) is 20.8. The van der Waals surface area contributed by atoms with Crippen LogP contribution in [-0.2, 0) is 11.3 Å². The molecule has 2 heterocycles. The number of para-hydroxylation sites is 1. The maximum atomic E-state index is 12.4. The van der Waals surface area contributed by atoms with Crippen LogP contribution in [0, 0.1) is 0 Å². The fourth-order valence-electron chi connectivity index (χ4n) is 2.54. The molecule has 1 amide bonds. The Hall–Kier alpha value is -3.17. The molecule has 4 aromatic rings. The van der Waals surface area contributed by atoms with E-state index in [1.807, 2.05) is 66.0 Å². The van der Waals surface area contributed by atoms with Gasteiger partial charge in [0.15, 0.2) is 0 Å². The van der Waals surface area contributed by atoms with Gasteiger partial charge in [-0.25, -0.2) is 4.68 Å². The van der Waals surface area contributed by atoms with Crippen molar-refractivity contribution in [3.63, 3.8) is 0 Å². The van der Waals surface area contributed by atoms with Crippen molar-refractivity contribution in [1.29, 1.82) is 0 Å². The second-order valence-corrected chi connectivity index (χ2v) is 7.95. The Labute approximate surface area is 175 Å². The van der Waals surface area contributed by atoms with E-state index in [-0.39, 0.29) is 11.7 Å². The maximum Gasteiger partial charge on any atom is 0.234 e. The predicted octanol–water partition coefficient (Wildman–Crippen LogP) is 4.31. The molecule has 0 unspecified atom stereocenters. The summed E-state index contributed by atoms with van der Waals surface area (Å²) in [5.41, 5.74) is 0.669. The summed E-state index contributed by atoms with van der Waals surface area (Å²) in [5, 5.41) is 17.2. The Kier molecular flexibility index (Phi) is 6.18. The molecule has 1 N–H and O–H groups in total. The lowest BCUT2D eigenvalue weighted by atomic mass is 10.3. The van der Waals surface area contributed by atoms with Crippen LogP contribution >= 0.6 is 23.1 Å². The summed E-state index contributed by atoms with van der Waals surface area (Å²) < 4.78 is 7.49. The average Bonchev–Trinajstić information content (AvgIpc) is 3.40. The summed E-state index contributed by atoms with van der Waals surface area (Å²) in [6.07, 6.45) is 0. The van der Waals surface area contributed by atoms with Gasteiger partial charge in [0.25, 0.3) is 0 Å². The molecule has 0 fully saturated rings. The first-order valence-corrected chi connectivity index (χ1v) is 10.7. The molecule has 0 aliphatic heterocycles. The molecular formula is C20H17N5O2S2. The average molecular weight is 424 g/mol. The number of hydrogen-bond acceptors (Lipinski definition) is 7. The number of thioether (sulfide) groups is 1. The summed E-state index contributed by atoms with van der Waals surface area (Å²) in [7, 11) is 0. The van der Waals surface area contributed by atoms with Crippen molar-refractivity contribution in [2.24, 2.45) is 0 Å². The standard InChI is InChI=1S/C20H17N5O2S2/c26-19(14-29-20-22-23-24-25(20)13-18-10-5-11-28-18)21-15-6-4-9-17(12-15)27-16-7-2-1-3-8-16/h1-12H,13-14H2,(H,21,26). The number of benzene rings is 2. The summed E-state index contributed by atoms with van der Waals surface area (Å²) in [6.45, 7) is 0.591. The molecule has 0 bridgehead atoms. The highest BCUT2D eigenvalue weighted by Gasteiger charge is 2.11. The van der Waals surface area contributed by atoms with Crippen LogP contribution in [0.2, 0.25) is 0 Å². The molecule has 29 heavy (non-hydrogen) atoms. The molecule has 0 aliphatic rings. The Bertz CT molecular complexity index is 1070. The maximum absolute atomic E-state index is 12.4. The Morgan fingerprint density at radius 3 is 2.76 bits per heavy atom. The highest BCUT2D eigenvalue weighted by molar-refractivity contribution is 7.99. The monoisotopic (exact) mass is 423 g/mol. The van der Waals surface area contributed by atoms with E-state index in [9.17, 15) is 4.79 Å². The Morgan fingerprint density at radius 2 is 1.93 bits per heavy atom. The molecule has 0 spiro atoms. The molecule has 146 valence electrons. The predicted molar refractivity (Wildman–Crippen MR) is 114 cm³/mol. The second-order valence-electron chi connectivity index (χ2n) is 5.98. The zero-order chi connectivity index (χ0) is 19.9. The van der Waals surface area contributed by atoms with Gasteiger partial charge in [-0.1, -0.05) is 42.1 Å². The third kappa shape index (κ3) is 5.43. The molecule has 0 radical (unpaired) electrons. The van der Waals surface area contributed by atoms with E-state index in [4.69, 9.17) is 4.74 Å². The van der Waals surface area contributed by atoms with Gasteiger partial charge in [-0.05, 0) is 46.1 Å². The van der Waals surface area contributed by atoms with Gasteiger partial charge in [-0.2, -0.15) is 0 Å². The number of tetrazole rings is 1. The highest BCUT2D eigenvalue weighted by atomic mass is 32.2. The minimum absolute atomic E-state index is 0.141. The lowest BCUT2D eigenvalue weighted by Crippen LogP contribution is -2.14. The number of ether oxygens (including phenoxy) is 1. The molecule has 4 rings (SSSR count). The van der Waals surface area contributed by atoms with Gasteiger partial charge in [0.1, 0.15) is 11.5 Å². The van der Waals surface area contributed by atoms with E-state index in [1.165, 1.54) is 11.8 Å². The molecule has 0 atom stereocenters. The number of nitrogens with one attached hydrogen (secondary N) is 1. The van der Waals surface area contributed by atoms with Gasteiger partial charge in [-0.3, -0.25) is 4.79 Å². The molecule has 0 aliphatic carbocycles. The number of rotatable bonds is 8. The van der Waals surface area contributed by atoms with Crippen molar-refractivity contribution < 1.29 is 9.53 Å². The number of aromatic nitrogens is 4. The second kappa shape index (κ2) is 9.35. The normalized spacial score (nSPS) is 10.6. The molecule has 0 saturated carbocycles. The number of carbonyl (C=O) groups excluding carboxylic acids is 1. The number of hydrogen-bond donors (Lipinski definition) is 1. The number of carbonyl (C=O) groups is 1. The zero-order valence-corrected chi connectivity index (χ0v) is 16.9. The molecule has 0 saturated heterocycles. The van der Waals surface area contributed by atoms with E-state index < -0.39 is 0 Å². The topological polar surface area (TPSA) is 81.9 Å². The first-order chi connectivity index (χ1) is 14.3. The SMILES string of the molecule is O=C(CSc1nnnn1Cc1cccs1)Nc1cccc(Oc2ccccc2)c1. The zero-order valence-electron chi connectivity index (χ0n) is 15.3. The van der Waals surface area contributed by atoms with E-state index in [0.29, 0.717) is 23.1 Å². The van der Waals surface area contributed by atoms with Gasteiger partial charge in [0.2, 0.25) is 11.1 Å². The van der Waals surface area contributed by atoms with Gasteiger partial charge in [-0.15, -0.1) is 16.4 Å². The van der Waals surface area contributed by atoms with Crippen LogP contribution in [0.5, 0.6) is 11.5 Å². The number of nitrogens with zero attached hydrogens (tertiary/aromatic N) is 4. The van der Waals surface area contributed by atoms with Crippen molar-refractivity contribution >= 4 is 34.7 Å². The van der Waals surface area contributed by atoms with Crippen LogP contribution in [-0.4, -0.2) is 31.9 Å². The van der Waals surface area contributed by atoms with Crippen LogP contribution in [0.1, 0.15) is 4.88 Å². The fourth-order valence-corrected chi connectivity index (χ4v) is 3.90. The van der Waals surface area contributed by atoms with E-state index in [2.05, 4.69) is 20.8 Å². The van der Waals surface area contributed by atoms with Crippen molar-refractivity contribution in [1.82, 2.24) is 20.2 Å². The smallest absolute Gasteiger partial charge is 0.234 e. The van der Waals surface area contributed by atoms with Crippen LogP contribution in [0.15, 0.2) is 77.3 Å². The van der Waals surface area contributed by atoms with Crippen LogP contribution in [0.3, 0.4) is 0 Å². The summed E-state index contributed by atoms with van der Waals surface area (Å²) >= 11 is 2.94. The third-order valence-corrected chi connectivity index (χ3v) is 5.63. The first kappa shape index (κ1) is 19.2. The number of thiophene rings is 1. The Morgan fingerprint density at radius 1 is 1.07 bits per heavy atom. The highest BCUT2D eigenvalue weighted by Crippen LogP contribution is 2.24. The molecule has 7 nitrogen and oxygen atoms in total. The lowest BCUT2D eigenvalue weighted by Gasteiger charge is -2.09. The van der Waals surface area contributed by atoms with Crippen LogP contribution < -0.4 is 10.1 Å². The van der Waals surface area contributed by atoms with Gasteiger partial charge < -0.3 is 10.1 Å². The third-order valence-electron chi connectivity index (χ3n) is 3.81. The van der Waals surface area contributed by atoms with Gasteiger partial charge >= 0.3 is 0 Å². The molecule has 2 aromatic heterocycles.